The van der Waals surface area contributed by atoms with Crippen molar-refractivity contribution in [2.24, 2.45) is 16.3 Å². The first-order valence-corrected chi connectivity index (χ1v) is 9.31. The lowest BCUT2D eigenvalue weighted by atomic mass is 9.67. The smallest absolute Gasteiger partial charge is 0.315 e. The van der Waals surface area contributed by atoms with Gasteiger partial charge in [-0.1, -0.05) is 26.0 Å². The van der Waals surface area contributed by atoms with Crippen molar-refractivity contribution in [2.45, 2.75) is 39.5 Å². The van der Waals surface area contributed by atoms with Crippen LogP contribution in [-0.4, -0.2) is 38.7 Å². The van der Waals surface area contributed by atoms with Gasteiger partial charge in [0.05, 0.1) is 7.11 Å². The molecule has 1 heterocycles. The molecule has 0 fully saturated rings. The second-order valence-corrected chi connectivity index (χ2v) is 8.52. The number of methoxy groups -OCH3 is 1. The topological polar surface area (TPSA) is 59.0 Å². The number of ketones is 1. The number of esters is 1. The number of aliphatic imine (C=N–C) groups is 1. The van der Waals surface area contributed by atoms with E-state index in [2.05, 4.69) is 18.8 Å². The normalized spacial score (nSPS) is 24.2. The van der Waals surface area contributed by atoms with Crippen molar-refractivity contribution in [2.75, 3.05) is 26.1 Å². The fourth-order valence-electron chi connectivity index (χ4n) is 4.22. The Morgan fingerprint density at radius 1 is 1.19 bits per heavy atom. The van der Waals surface area contributed by atoms with Crippen molar-refractivity contribution >= 4 is 23.2 Å². The first kappa shape index (κ1) is 19.3. The number of nitrogens with zero attached hydrogens (tertiary/aromatic N) is 2. The monoisotopic (exact) mass is 368 g/mol. The van der Waals surface area contributed by atoms with Gasteiger partial charge < -0.3 is 9.64 Å². The number of hydrogen-bond donors (Lipinski definition) is 0. The van der Waals surface area contributed by atoms with Crippen LogP contribution in [0, 0.1) is 11.3 Å². The molecule has 3 rings (SSSR count). The Morgan fingerprint density at radius 3 is 2.37 bits per heavy atom. The highest BCUT2D eigenvalue weighted by Crippen LogP contribution is 2.48. The van der Waals surface area contributed by atoms with E-state index in [-0.39, 0.29) is 23.1 Å². The van der Waals surface area contributed by atoms with Crippen molar-refractivity contribution in [1.29, 1.82) is 0 Å². The molecule has 27 heavy (non-hydrogen) atoms. The summed E-state index contributed by atoms with van der Waals surface area (Å²) in [6, 6.07) is 8.04. The number of rotatable bonds is 3. The molecule has 1 aliphatic heterocycles. The molecule has 1 aliphatic carbocycles. The van der Waals surface area contributed by atoms with Gasteiger partial charge in [-0.3, -0.25) is 14.6 Å². The molecule has 1 aromatic rings. The summed E-state index contributed by atoms with van der Waals surface area (Å²) in [6.45, 7) is 6.04. The van der Waals surface area contributed by atoms with E-state index in [9.17, 15) is 9.59 Å². The number of benzene rings is 1. The molecule has 5 nitrogen and oxygen atoms in total. The van der Waals surface area contributed by atoms with Gasteiger partial charge in [0.15, 0.2) is 5.78 Å². The lowest BCUT2D eigenvalue weighted by Crippen LogP contribution is -2.39. The lowest BCUT2D eigenvalue weighted by molar-refractivity contribution is -0.143. The predicted octanol–water partition coefficient (Wildman–Crippen LogP) is 3.74. The fraction of sp³-hybridized carbons (Fsp3) is 0.500. The highest BCUT2D eigenvalue weighted by molar-refractivity contribution is 6.09. The summed E-state index contributed by atoms with van der Waals surface area (Å²) in [4.78, 5) is 32.4. The fourth-order valence-corrected chi connectivity index (χ4v) is 4.22. The largest absolute Gasteiger partial charge is 0.468 e. The minimum atomic E-state index is -0.566. The Labute approximate surface area is 161 Å². The van der Waals surface area contributed by atoms with Crippen molar-refractivity contribution in [3.05, 3.63) is 41.1 Å². The minimum absolute atomic E-state index is 0.0908. The maximum absolute atomic E-state index is 13.1. The molecule has 0 saturated carbocycles. The number of allylic oxidation sites excluding steroid dienone is 2. The zero-order valence-corrected chi connectivity index (χ0v) is 17.0. The number of carbonyl (C=O) groups excluding carboxylic acids is 2. The van der Waals surface area contributed by atoms with E-state index in [4.69, 9.17) is 4.74 Å². The molecule has 0 bridgehead atoms. The molecule has 0 aromatic heterocycles. The quantitative estimate of drug-likeness (QED) is 0.763. The third kappa shape index (κ3) is 3.55. The summed E-state index contributed by atoms with van der Waals surface area (Å²) in [5.74, 6) is -1.16. The van der Waals surface area contributed by atoms with Crippen LogP contribution < -0.4 is 4.90 Å². The molecule has 2 aliphatic rings. The van der Waals surface area contributed by atoms with E-state index in [1.807, 2.05) is 50.2 Å². The minimum Gasteiger partial charge on any atom is -0.468 e. The lowest BCUT2D eigenvalue weighted by Gasteiger charge is -2.38. The first-order chi connectivity index (χ1) is 12.6. The summed E-state index contributed by atoms with van der Waals surface area (Å²) >= 11 is 0. The summed E-state index contributed by atoms with van der Waals surface area (Å²) in [7, 11) is 5.35. The SMILES string of the molecule is COC(=O)C1C(C)=NC2=C(C(=O)CC(C)(C)C2)[C@@H]1c1ccc(N(C)C)cc1. The first-order valence-electron chi connectivity index (χ1n) is 9.31. The van der Waals surface area contributed by atoms with Gasteiger partial charge in [-0.15, -0.1) is 0 Å². The van der Waals surface area contributed by atoms with E-state index < -0.39 is 5.92 Å². The van der Waals surface area contributed by atoms with Crippen LogP contribution in [0.15, 0.2) is 40.5 Å². The van der Waals surface area contributed by atoms with Crippen molar-refractivity contribution < 1.29 is 14.3 Å². The van der Waals surface area contributed by atoms with E-state index in [0.29, 0.717) is 17.7 Å². The van der Waals surface area contributed by atoms with Gasteiger partial charge in [-0.05, 0) is 36.5 Å². The van der Waals surface area contributed by atoms with Crippen LogP contribution in [0.25, 0.3) is 0 Å². The van der Waals surface area contributed by atoms with Crippen LogP contribution >= 0.6 is 0 Å². The molecular formula is C22H28N2O3. The van der Waals surface area contributed by atoms with Crippen molar-refractivity contribution in [1.82, 2.24) is 0 Å². The maximum atomic E-state index is 13.1. The average molecular weight is 368 g/mol. The van der Waals surface area contributed by atoms with E-state index in [0.717, 1.165) is 23.4 Å². The van der Waals surface area contributed by atoms with Gasteiger partial charge in [-0.2, -0.15) is 0 Å². The van der Waals surface area contributed by atoms with Crippen molar-refractivity contribution in [3.8, 4) is 0 Å². The molecule has 1 unspecified atom stereocenters. The van der Waals surface area contributed by atoms with Crippen LogP contribution in [-0.2, 0) is 14.3 Å². The molecule has 2 atom stereocenters. The zero-order chi connectivity index (χ0) is 19.9. The molecule has 0 amide bonds. The maximum Gasteiger partial charge on any atom is 0.315 e. The Balaban J connectivity index is 2.15. The Morgan fingerprint density at radius 2 is 1.81 bits per heavy atom. The molecule has 0 N–H and O–H groups in total. The van der Waals surface area contributed by atoms with Gasteiger partial charge in [0, 0.05) is 49.1 Å². The standard InChI is InChI=1S/C22H28N2O3/c1-13-18(21(26)27-6)19(14-7-9-15(10-8-14)24(4)5)20-16(23-13)11-22(2,3)12-17(20)25/h7-10,18-19H,11-12H2,1-6H3/t18?,19-/m1/s1. The van der Waals surface area contributed by atoms with E-state index >= 15 is 0 Å². The summed E-state index contributed by atoms with van der Waals surface area (Å²) < 4.78 is 5.07. The van der Waals surface area contributed by atoms with E-state index in [1.165, 1.54) is 7.11 Å². The molecule has 5 heteroatoms. The Kier molecular flexibility index (Phi) is 4.98. The van der Waals surface area contributed by atoms with Crippen molar-refractivity contribution in [3.63, 3.8) is 0 Å². The second-order valence-electron chi connectivity index (χ2n) is 8.52. The summed E-state index contributed by atoms with van der Waals surface area (Å²) in [5, 5.41) is 0. The van der Waals surface area contributed by atoms with Crippen LogP contribution in [0.4, 0.5) is 5.69 Å². The molecule has 0 radical (unpaired) electrons. The summed E-state index contributed by atoms with van der Waals surface area (Å²) in [6.07, 6.45) is 1.21. The second kappa shape index (κ2) is 6.95. The van der Waals surface area contributed by atoms with Crippen LogP contribution in [0.5, 0.6) is 0 Å². The van der Waals surface area contributed by atoms with E-state index in [1.54, 1.807) is 0 Å². The van der Waals surface area contributed by atoms with Gasteiger partial charge in [0.25, 0.3) is 0 Å². The third-order valence-corrected chi connectivity index (χ3v) is 5.53. The zero-order valence-electron chi connectivity index (χ0n) is 17.0. The number of carbonyl (C=O) groups is 2. The highest BCUT2D eigenvalue weighted by atomic mass is 16.5. The summed E-state index contributed by atoms with van der Waals surface area (Å²) in [5.41, 5.74) is 4.14. The molecular weight excluding hydrogens is 340 g/mol. The van der Waals surface area contributed by atoms with Gasteiger partial charge in [-0.25, -0.2) is 0 Å². The van der Waals surface area contributed by atoms with Crippen LogP contribution in [0.1, 0.15) is 45.1 Å². The number of ether oxygens (including phenoxy) is 1. The number of anilines is 1. The predicted molar refractivity (Wildman–Crippen MR) is 107 cm³/mol. The van der Waals surface area contributed by atoms with Gasteiger partial charge in [0.1, 0.15) is 5.92 Å². The Hall–Kier alpha value is -2.43. The molecule has 0 spiro atoms. The Bertz CT molecular complexity index is 832. The average Bonchev–Trinajstić information content (AvgIpc) is 2.58. The van der Waals surface area contributed by atoms with Crippen LogP contribution in [0.2, 0.25) is 0 Å². The highest BCUT2D eigenvalue weighted by Gasteiger charge is 2.45. The van der Waals surface area contributed by atoms with Gasteiger partial charge in [0.2, 0.25) is 0 Å². The number of Topliss-reactive ketones (excluding diaryl/α,β-unsaturated/α-hetero) is 1. The molecule has 0 saturated heterocycles. The molecule has 1 aromatic carbocycles. The van der Waals surface area contributed by atoms with Gasteiger partial charge >= 0.3 is 5.97 Å². The third-order valence-electron chi connectivity index (χ3n) is 5.53. The molecule has 144 valence electrons. The van der Waals surface area contributed by atoms with Crippen LogP contribution in [0.3, 0.4) is 0 Å². The number of hydrogen-bond acceptors (Lipinski definition) is 5.